The summed E-state index contributed by atoms with van der Waals surface area (Å²) in [6.07, 6.45) is 9.68. The molecule has 5 heteroatoms. The van der Waals surface area contributed by atoms with Crippen molar-refractivity contribution in [3.05, 3.63) is 11.7 Å². The van der Waals surface area contributed by atoms with Crippen LogP contribution in [0.1, 0.15) is 82.0 Å². The van der Waals surface area contributed by atoms with Gasteiger partial charge in [0.1, 0.15) is 6.10 Å². The van der Waals surface area contributed by atoms with Crippen LogP contribution in [0.5, 0.6) is 0 Å². The third-order valence-corrected chi connectivity index (χ3v) is 5.01. The summed E-state index contributed by atoms with van der Waals surface area (Å²) in [7, 11) is 0. The van der Waals surface area contributed by atoms with Gasteiger partial charge in [-0.2, -0.15) is 4.98 Å². The molecule has 0 aromatic carbocycles. The molecule has 0 bridgehead atoms. The molecule has 1 aliphatic heterocycles. The second kappa shape index (κ2) is 6.88. The van der Waals surface area contributed by atoms with E-state index in [1.54, 1.807) is 0 Å². The molecule has 2 N–H and O–H groups in total. The monoisotopic (exact) mass is 293 g/mol. The molecule has 2 unspecified atom stereocenters. The molecule has 1 aromatic heterocycles. The molecule has 1 aromatic rings. The second-order valence-electron chi connectivity index (χ2n) is 6.56. The highest BCUT2D eigenvalue weighted by Gasteiger charge is 2.31. The van der Waals surface area contributed by atoms with Crippen LogP contribution in [-0.4, -0.2) is 22.8 Å². The Hall–Kier alpha value is -0.940. The fraction of sp³-hybridized carbons (Fsp3) is 0.875. The van der Waals surface area contributed by atoms with Crippen LogP contribution in [-0.2, 0) is 4.74 Å². The summed E-state index contributed by atoms with van der Waals surface area (Å²) in [5, 5.41) is 4.21. The normalized spacial score (nSPS) is 33.4. The van der Waals surface area contributed by atoms with Gasteiger partial charge in [-0.1, -0.05) is 24.9 Å². The average Bonchev–Trinajstić information content (AvgIpc) is 3.17. The third-order valence-electron chi connectivity index (χ3n) is 5.01. The van der Waals surface area contributed by atoms with Gasteiger partial charge in [0.25, 0.3) is 5.89 Å². The first-order chi connectivity index (χ1) is 10.3. The van der Waals surface area contributed by atoms with Crippen LogP contribution in [0.2, 0.25) is 0 Å². The quantitative estimate of drug-likeness (QED) is 0.901. The molecule has 1 saturated carbocycles. The molecule has 2 aliphatic rings. The third kappa shape index (κ3) is 3.46. The number of nitrogens with zero attached hydrogens (tertiary/aromatic N) is 2. The summed E-state index contributed by atoms with van der Waals surface area (Å²) in [5.74, 6) is 2.92. The summed E-state index contributed by atoms with van der Waals surface area (Å²) in [5.41, 5.74) is 5.64. The Morgan fingerprint density at radius 1 is 1.14 bits per heavy atom. The number of hydrogen-bond donors (Lipinski definition) is 1. The van der Waals surface area contributed by atoms with Gasteiger partial charge in [0.2, 0.25) is 0 Å². The first-order valence-electron chi connectivity index (χ1n) is 8.49. The van der Waals surface area contributed by atoms with Crippen molar-refractivity contribution in [1.29, 1.82) is 0 Å². The first-order valence-corrected chi connectivity index (χ1v) is 8.49. The van der Waals surface area contributed by atoms with Crippen molar-refractivity contribution in [1.82, 2.24) is 10.1 Å². The minimum Gasteiger partial charge on any atom is -0.364 e. The molecule has 0 radical (unpaired) electrons. The predicted octanol–water partition coefficient (Wildman–Crippen LogP) is 3.32. The van der Waals surface area contributed by atoms with Crippen molar-refractivity contribution < 1.29 is 9.26 Å². The summed E-state index contributed by atoms with van der Waals surface area (Å²) in [6.45, 7) is 2.84. The topological polar surface area (TPSA) is 74.2 Å². The van der Waals surface area contributed by atoms with Crippen molar-refractivity contribution in [2.45, 2.75) is 76.4 Å². The van der Waals surface area contributed by atoms with Crippen molar-refractivity contribution in [2.75, 3.05) is 6.54 Å². The Bertz CT molecular complexity index is 440. The van der Waals surface area contributed by atoms with Gasteiger partial charge in [0, 0.05) is 12.5 Å². The number of ether oxygens (including phenoxy) is 1. The number of aromatic nitrogens is 2. The first kappa shape index (κ1) is 15.0. The van der Waals surface area contributed by atoms with E-state index in [-0.39, 0.29) is 12.2 Å². The van der Waals surface area contributed by atoms with E-state index in [9.17, 15) is 0 Å². The molecule has 2 atom stereocenters. The van der Waals surface area contributed by atoms with E-state index in [1.807, 2.05) is 0 Å². The van der Waals surface area contributed by atoms with Crippen LogP contribution in [0.4, 0.5) is 0 Å². The Morgan fingerprint density at radius 2 is 1.95 bits per heavy atom. The maximum absolute atomic E-state index is 5.83. The molecule has 1 saturated heterocycles. The highest BCUT2D eigenvalue weighted by molar-refractivity contribution is 5.00. The lowest BCUT2D eigenvalue weighted by Gasteiger charge is -2.26. The van der Waals surface area contributed by atoms with Crippen LogP contribution in [0.3, 0.4) is 0 Å². The SMILES string of the molecule is CCCC1CCC(c2noc(C3CCC(CN)O3)n2)CC1. The van der Waals surface area contributed by atoms with E-state index in [0.717, 1.165) is 24.6 Å². The molecule has 21 heavy (non-hydrogen) atoms. The van der Waals surface area contributed by atoms with Crippen LogP contribution in [0, 0.1) is 5.92 Å². The summed E-state index contributed by atoms with van der Waals surface area (Å²) < 4.78 is 11.3. The molecule has 0 amide bonds. The van der Waals surface area contributed by atoms with Crippen molar-refractivity contribution in [3.63, 3.8) is 0 Å². The minimum absolute atomic E-state index is 0.0452. The van der Waals surface area contributed by atoms with E-state index in [2.05, 4.69) is 17.1 Å². The van der Waals surface area contributed by atoms with Gasteiger partial charge in [-0.3, -0.25) is 0 Å². The molecule has 2 fully saturated rings. The Balaban J connectivity index is 1.56. The van der Waals surface area contributed by atoms with Crippen LogP contribution >= 0.6 is 0 Å². The lowest BCUT2D eigenvalue weighted by Crippen LogP contribution is -2.18. The Morgan fingerprint density at radius 3 is 2.62 bits per heavy atom. The van der Waals surface area contributed by atoms with E-state index >= 15 is 0 Å². The molecule has 2 heterocycles. The molecule has 1 aliphatic carbocycles. The summed E-state index contributed by atoms with van der Waals surface area (Å²) >= 11 is 0. The Kier molecular flexibility index (Phi) is 4.91. The fourth-order valence-electron chi connectivity index (χ4n) is 3.72. The molecular formula is C16H27N3O2. The van der Waals surface area contributed by atoms with Gasteiger partial charge >= 0.3 is 0 Å². The molecule has 0 spiro atoms. The summed E-state index contributed by atoms with van der Waals surface area (Å²) in [4.78, 5) is 4.61. The number of nitrogens with two attached hydrogens (primary N) is 1. The van der Waals surface area contributed by atoms with Gasteiger partial charge in [-0.25, -0.2) is 0 Å². The zero-order chi connectivity index (χ0) is 14.7. The molecule has 3 rings (SSSR count). The maximum Gasteiger partial charge on any atom is 0.255 e. The minimum atomic E-state index is -0.0452. The van der Waals surface area contributed by atoms with Gasteiger partial charge in [0.05, 0.1) is 6.10 Å². The highest BCUT2D eigenvalue weighted by atomic mass is 16.5. The van der Waals surface area contributed by atoms with Gasteiger partial charge in [0.15, 0.2) is 5.82 Å². The van der Waals surface area contributed by atoms with Crippen molar-refractivity contribution in [2.24, 2.45) is 11.7 Å². The number of rotatable bonds is 5. The standard InChI is InChI=1S/C16H27N3O2/c1-2-3-11-4-6-12(7-5-11)15-18-16(21-19-15)14-9-8-13(10-17)20-14/h11-14H,2-10,17H2,1H3. The smallest absolute Gasteiger partial charge is 0.255 e. The fourth-order valence-corrected chi connectivity index (χ4v) is 3.72. The van der Waals surface area contributed by atoms with Crippen LogP contribution in [0.15, 0.2) is 4.52 Å². The van der Waals surface area contributed by atoms with Gasteiger partial charge < -0.3 is 15.0 Å². The van der Waals surface area contributed by atoms with Crippen molar-refractivity contribution >= 4 is 0 Å². The lowest BCUT2D eigenvalue weighted by molar-refractivity contribution is 0.0307. The maximum atomic E-state index is 5.83. The summed E-state index contributed by atoms with van der Waals surface area (Å²) in [6, 6.07) is 0. The van der Waals surface area contributed by atoms with E-state index in [4.69, 9.17) is 15.0 Å². The van der Waals surface area contributed by atoms with E-state index in [1.165, 1.54) is 38.5 Å². The highest BCUT2D eigenvalue weighted by Crippen LogP contribution is 2.37. The predicted molar refractivity (Wildman–Crippen MR) is 79.8 cm³/mol. The van der Waals surface area contributed by atoms with Crippen LogP contribution < -0.4 is 5.73 Å². The van der Waals surface area contributed by atoms with E-state index in [0.29, 0.717) is 18.4 Å². The Labute approximate surface area is 126 Å². The van der Waals surface area contributed by atoms with Gasteiger partial charge in [-0.15, -0.1) is 0 Å². The molecule has 118 valence electrons. The average molecular weight is 293 g/mol. The largest absolute Gasteiger partial charge is 0.364 e. The zero-order valence-electron chi connectivity index (χ0n) is 13.0. The second-order valence-corrected chi connectivity index (χ2v) is 6.56. The lowest BCUT2D eigenvalue weighted by atomic mass is 9.80. The molecule has 5 nitrogen and oxygen atoms in total. The van der Waals surface area contributed by atoms with Crippen molar-refractivity contribution in [3.8, 4) is 0 Å². The van der Waals surface area contributed by atoms with Crippen LogP contribution in [0.25, 0.3) is 0 Å². The van der Waals surface area contributed by atoms with E-state index < -0.39 is 0 Å². The molecular weight excluding hydrogens is 266 g/mol. The zero-order valence-corrected chi connectivity index (χ0v) is 13.0. The number of hydrogen-bond acceptors (Lipinski definition) is 5. The van der Waals surface area contributed by atoms with Gasteiger partial charge in [-0.05, 0) is 44.4 Å².